The number of nitrogens with zero attached hydrogens (tertiary/aromatic N) is 3. The molecule has 0 aliphatic carbocycles. The molecule has 0 radical (unpaired) electrons. The molecule has 0 saturated carbocycles. The molecule has 0 unspecified atom stereocenters. The van der Waals surface area contributed by atoms with E-state index in [1.807, 2.05) is 12.1 Å². The van der Waals surface area contributed by atoms with Crippen LogP contribution < -0.4 is 10.2 Å². The van der Waals surface area contributed by atoms with Crippen molar-refractivity contribution in [3.8, 4) is 0 Å². The molecule has 1 fully saturated rings. The van der Waals surface area contributed by atoms with Crippen molar-refractivity contribution in [2.45, 2.75) is 33.2 Å². The molecule has 1 aliphatic heterocycles. The highest BCUT2D eigenvalue weighted by Gasteiger charge is 2.22. The molecular weight excluding hydrogens is 304 g/mol. The van der Waals surface area contributed by atoms with E-state index in [-0.39, 0.29) is 6.03 Å². The number of morpholine rings is 1. The quantitative estimate of drug-likeness (QED) is 0.936. The number of nitrogens with one attached hydrogen (secondary N) is 1. The first-order valence-corrected chi connectivity index (χ1v) is 8.66. The Morgan fingerprint density at radius 1 is 1.46 bits per heavy atom. The van der Waals surface area contributed by atoms with Gasteiger partial charge in [0.15, 0.2) is 0 Å². The summed E-state index contributed by atoms with van der Waals surface area (Å²) in [5.41, 5.74) is 2.77. The van der Waals surface area contributed by atoms with Gasteiger partial charge in [-0.05, 0) is 31.4 Å². The van der Waals surface area contributed by atoms with Crippen molar-refractivity contribution in [3.05, 3.63) is 24.5 Å². The summed E-state index contributed by atoms with van der Waals surface area (Å²) in [5, 5.41) is 2.97. The lowest BCUT2D eigenvalue weighted by atomic mass is 10.1. The van der Waals surface area contributed by atoms with E-state index < -0.39 is 0 Å². The maximum absolute atomic E-state index is 12.4. The second-order valence-corrected chi connectivity index (χ2v) is 6.79. The van der Waals surface area contributed by atoms with Gasteiger partial charge < -0.3 is 15.0 Å². The summed E-state index contributed by atoms with van der Waals surface area (Å²) in [6, 6.07) is 6.18. The number of para-hydroxylation sites is 1. The minimum absolute atomic E-state index is 0.120. The van der Waals surface area contributed by atoms with Gasteiger partial charge in [-0.1, -0.05) is 19.9 Å². The highest BCUT2D eigenvalue weighted by Crippen LogP contribution is 2.28. The number of fused-ring (bicyclic) bond motifs is 1. The van der Waals surface area contributed by atoms with Crippen molar-refractivity contribution in [1.29, 1.82) is 0 Å². The Kier molecular flexibility index (Phi) is 5.04. The van der Waals surface area contributed by atoms with Gasteiger partial charge in [-0.3, -0.25) is 4.57 Å². The number of rotatable bonds is 4. The lowest BCUT2D eigenvalue weighted by Crippen LogP contribution is -2.43. The molecule has 130 valence electrons. The number of hydrogen-bond donors (Lipinski definition) is 1. The van der Waals surface area contributed by atoms with Gasteiger partial charge in [-0.15, -0.1) is 0 Å². The van der Waals surface area contributed by atoms with Crippen LogP contribution in [0.2, 0.25) is 0 Å². The van der Waals surface area contributed by atoms with Crippen LogP contribution in [-0.2, 0) is 4.74 Å². The van der Waals surface area contributed by atoms with Crippen molar-refractivity contribution in [2.75, 3.05) is 31.2 Å². The summed E-state index contributed by atoms with van der Waals surface area (Å²) in [6.07, 6.45) is 2.58. The van der Waals surface area contributed by atoms with E-state index in [0.717, 1.165) is 36.3 Å². The fraction of sp³-hybridized carbons (Fsp3) is 0.556. The number of amides is 1. The van der Waals surface area contributed by atoms with Crippen molar-refractivity contribution in [1.82, 2.24) is 14.9 Å². The molecule has 1 N–H and O–H groups in total. The van der Waals surface area contributed by atoms with E-state index >= 15 is 0 Å². The van der Waals surface area contributed by atoms with Gasteiger partial charge in [-0.25, -0.2) is 9.78 Å². The number of carbonyl (C=O) groups is 1. The minimum Gasteiger partial charge on any atom is -0.377 e. The molecule has 6 nitrogen and oxygen atoms in total. The maximum atomic E-state index is 12.4. The maximum Gasteiger partial charge on any atom is 0.327 e. The second-order valence-electron chi connectivity index (χ2n) is 6.79. The van der Waals surface area contributed by atoms with Crippen LogP contribution in [0.15, 0.2) is 24.5 Å². The standard InChI is InChI=1S/C18H26N4O2/c1-13(2)7-8-19-18(23)22-12-20-17-15(5-4-6-16(17)22)21-9-10-24-11-14(21)3/h4-6,12-14H,7-11H2,1-3H3,(H,19,23)/t14-/m0/s1. The minimum atomic E-state index is -0.120. The van der Waals surface area contributed by atoms with Crippen LogP contribution in [0.25, 0.3) is 11.0 Å². The Hall–Kier alpha value is -2.08. The predicted molar refractivity (Wildman–Crippen MR) is 95.6 cm³/mol. The molecule has 0 bridgehead atoms. The third-order valence-electron chi connectivity index (χ3n) is 4.45. The van der Waals surface area contributed by atoms with Crippen molar-refractivity contribution in [3.63, 3.8) is 0 Å². The fourth-order valence-electron chi connectivity index (χ4n) is 3.06. The molecule has 1 saturated heterocycles. The third-order valence-corrected chi connectivity index (χ3v) is 4.45. The van der Waals surface area contributed by atoms with Gasteiger partial charge in [0.25, 0.3) is 0 Å². The van der Waals surface area contributed by atoms with Crippen molar-refractivity contribution in [2.24, 2.45) is 5.92 Å². The molecule has 1 amide bonds. The fourth-order valence-corrected chi connectivity index (χ4v) is 3.06. The van der Waals surface area contributed by atoms with Gasteiger partial charge in [-0.2, -0.15) is 0 Å². The van der Waals surface area contributed by atoms with E-state index in [1.165, 1.54) is 0 Å². The van der Waals surface area contributed by atoms with Gasteiger partial charge in [0.05, 0.1) is 24.4 Å². The number of ether oxygens (including phenoxy) is 1. The second kappa shape index (κ2) is 7.21. The highest BCUT2D eigenvalue weighted by atomic mass is 16.5. The van der Waals surface area contributed by atoms with Crippen molar-refractivity contribution >= 4 is 22.8 Å². The van der Waals surface area contributed by atoms with Gasteiger partial charge in [0.2, 0.25) is 0 Å². The van der Waals surface area contributed by atoms with Crippen LogP contribution in [0.5, 0.6) is 0 Å². The van der Waals surface area contributed by atoms with Crippen LogP contribution in [0, 0.1) is 5.92 Å². The van der Waals surface area contributed by atoms with Crippen LogP contribution in [-0.4, -0.2) is 47.9 Å². The number of benzene rings is 1. The predicted octanol–water partition coefficient (Wildman–Crippen LogP) is 2.87. The molecule has 24 heavy (non-hydrogen) atoms. The molecule has 1 aliphatic rings. The van der Waals surface area contributed by atoms with E-state index in [1.54, 1.807) is 10.9 Å². The van der Waals surface area contributed by atoms with Crippen molar-refractivity contribution < 1.29 is 9.53 Å². The van der Waals surface area contributed by atoms with Gasteiger partial charge >= 0.3 is 6.03 Å². The summed E-state index contributed by atoms with van der Waals surface area (Å²) in [4.78, 5) is 19.2. The summed E-state index contributed by atoms with van der Waals surface area (Å²) in [5.74, 6) is 0.569. The SMILES string of the molecule is CC(C)CCNC(=O)n1cnc2c(N3CCOC[C@@H]3C)cccc21. The first-order valence-electron chi connectivity index (χ1n) is 8.66. The molecule has 1 atom stereocenters. The smallest absolute Gasteiger partial charge is 0.327 e. The molecule has 1 aromatic heterocycles. The first-order chi connectivity index (χ1) is 11.6. The normalized spacial score (nSPS) is 18.3. The van der Waals surface area contributed by atoms with Gasteiger partial charge in [0.1, 0.15) is 11.8 Å². The van der Waals surface area contributed by atoms with Crippen LogP contribution in [0.4, 0.5) is 10.5 Å². The molecule has 1 aromatic carbocycles. The number of hydrogen-bond acceptors (Lipinski definition) is 4. The zero-order valence-corrected chi connectivity index (χ0v) is 14.7. The topological polar surface area (TPSA) is 59.4 Å². The van der Waals surface area contributed by atoms with Crippen LogP contribution in [0.3, 0.4) is 0 Å². The van der Waals surface area contributed by atoms with E-state index in [2.05, 4.69) is 42.0 Å². The average molecular weight is 330 g/mol. The summed E-state index contributed by atoms with van der Waals surface area (Å²) in [6.45, 7) is 9.39. The molecule has 0 spiro atoms. The lowest BCUT2D eigenvalue weighted by Gasteiger charge is -2.35. The summed E-state index contributed by atoms with van der Waals surface area (Å²) in [7, 11) is 0. The largest absolute Gasteiger partial charge is 0.377 e. The average Bonchev–Trinajstić information content (AvgIpc) is 2.99. The Balaban J connectivity index is 1.85. The lowest BCUT2D eigenvalue weighted by molar-refractivity contribution is 0.0991. The number of carbonyl (C=O) groups excluding carboxylic acids is 1. The number of imidazole rings is 1. The van der Waals surface area contributed by atoms with E-state index in [9.17, 15) is 4.79 Å². The summed E-state index contributed by atoms with van der Waals surface area (Å²) >= 11 is 0. The summed E-state index contributed by atoms with van der Waals surface area (Å²) < 4.78 is 7.12. The third kappa shape index (κ3) is 3.38. The van der Waals surface area contributed by atoms with Gasteiger partial charge in [0, 0.05) is 19.1 Å². The molecule has 3 rings (SSSR count). The Labute approximate surface area is 142 Å². The molecular formula is C18H26N4O2. The zero-order valence-electron chi connectivity index (χ0n) is 14.7. The Morgan fingerprint density at radius 2 is 2.29 bits per heavy atom. The van der Waals surface area contributed by atoms with Crippen LogP contribution >= 0.6 is 0 Å². The Bertz CT molecular complexity index is 710. The zero-order chi connectivity index (χ0) is 17.1. The van der Waals surface area contributed by atoms with Crippen LogP contribution in [0.1, 0.15) is 27.2 Å². The molecule has 6 heteroatoms. The number of anilines is 1. The first kappa shape index (κ1) is 16.8. The molecule has 2 heterocycles. The van der Waals surface area contributed by atoms with E-state index in [4.69, 9.17) is 4.74 Å². The number of aromatic nitrogens is 2. The molecule has 2 aromatic rings. The highest BCUT2D eigenvalue weighted by molar-refractivity contribution is 5.95. The Morgan fingerprint density at radius 3 is 3.04 bits per heavy atom. The van der Waals surface area contributed by atoms with E-state index in [0.29, 0.717) is 25.1 Å². The monoisotopic (exact) mass is 330 g/mol.